The summed E-state index contributed by atoms with van der Waals surface area (Å²) < 4.78 is 13.9. The van der Waals surface area contributed by atoms with Gasteiger partial charge in [-0.2, -0.15) is 4.98 Å². The number of nitrogens with zero attached hydrogens (tertiary/aromatic N) is 7. The lowest BCUT2D eigenvalue weighted by Gasteiger charge is -2.36. The van der Waals surface area contributed by atoms with Gasteiger partial charge in [0.1, 0.15) is 23.7 Å². The Hall–Kier alpha value is -1.71. The molecule has 2 aromatic rings. The quantitative estimate of drug-likeness (QED) is 0.590. The van der Waals surface area contributed by atoms with Crippen LogP contribution in [-0.4, -0.2) is 72.7 Å². The lowest BCUT2D eigenvalue weighted by atomic mass is 9.95. The van der Waals surface area contributed by atoms with Crippen molar-refractivity contribution in [2.45, 2.75) is 57.5 Å². The van der Waals surface area contributed by atoms with Gasteiger partial charge in [0.15, 0.2) is 0 Å². The first kappa shape index (κ1) is 23.0. The van der Waals surface area contributed by atoms with Crippen molar-refractivity contribution in [3.8, 4) is 0 Å². The van der Waals surface area contributed by atoms with Crippen LogP contribution in [0.4, 0.5) is 5.82 Å². The van der Waals surface area contributed by atoms with E-state index in [9.17, 15) is 4.55 Å². The summed E-state index contributed by atoms with van der Waals surface area (Å²) in [4.78, 5) is 18.6. The number of piperazine rings is 1. The van der Waals surface area contributed by atoms with E-state index in [1.807, 2.05) is 0 Å². The van der Waals surface area contributed by atoms with Crippen molar-refractivity contribution in [3.05, 3.63) is 23.9 Å². The Balaban J connectivity index is 1.52. The van der Waals surface area contributed by atoms with Gasteiger partial charge in [-0.3, -0.25) is 9.58 Å². The Kier molecular flexibility index (Phi) is 7.70. The van der Waals surface area contributed by atoms with Crippen LogP contribution in [-0.2, 0) is 30.1 Å². The van der Waals surface area contributed by atoms with Crippen LogP contribution in [0.3, 0.4) is 0 Å². The molecule has 0 bridgehead atoms. The van der Waals surface area contributed by atoms with Crippen LogP contribution in [0, 0.1) is 0 Å². The molecule has 166 valence electrons. The highest BCUT2D eigenvalue weighted by molar-refractivity contribution is 7.91. The van der Waals surface area contributed by atoms with Crippen LogP contribution in [0.15, 0.2) is 17.6 Å². The Morgan fingerprint density at radius 3 is 2.47 bits per heavy atom. The maximum absolute atomic E-state index is 12.3. The van der Waals surface area contributed by atoms with E-state index in [0.717, 1.165) is 69.3 Å². The fourth-order valence-corrected chi connectivity index (χ4v) is 4.46. The molecule has 0 radical (unpaired) electrons. The minimum Gasteiger partial charge on any atom is -0.609 e. The summed E-state index contributed by atoms with van der Waals surface area (Å²) in [5.41, 5.74) is 1.08. The van der Waals surface area contributed by atoms with Crippen molar-refractivity contribution in [3.63, 3.8) is 0 Å². The van der Waals surface area contributed by atoms with Gasteiger partial charge < -0.3 is 9.45 Å². The Morgan fingerprint density at radius 2 is 1.87 bits per heavy atom. The van der Waals surface area contributed by atoms with Gasteiger partial charge in [-0.25, -0.2) is 9.97 Å². The lowest BCUT2D eigenvalue weighted by Crippen LogP contribution is -2.47. The highest BCUT2D eigenvalue weighted by Gasteiger charge is 2.24. The molecule has 1 aliphatic rings. The molecule has 0 unspecified atom stereocenters. The van der Waals surface area contributed by atoms with Crippen molar-refractivity contribution in [2.24, 2.45) is 7.05 Å². The zero-order valence-electron chi connectivity index (χ0n) is 19.0. The topological polar surface area (TPSA) is 86.0 Å². The molecule has 1 fully saturated rings. The molecule has 30 heavy (non-hydrogen) atoms. The van der Waals surface area contributed by atoms with Crippen LogP contribution in [0.2, 0.25) is 0 Å². The van der Waals surface area contributed by atoms with Gasteiger partial charge in [0, 0.05) is 74.5 Å². The van der Waals surface area contributed by atoms with Crippen molar-refractivity contribution < 1.29 is 4.55 Å². The minimum absolute atomic E-state index is 0.0571. The molecule has 1 saturated heterocycles. The van der Waals surface area contributed by atoms with Gasteiger partial charge in [-0.15, -0.1) is 5.10 Å². The van der Waals surface area contributed by atoms with Crippen molar-refractivity contribution >= 4 is 17.0 Å². The third-order valence-corrected chi connectivity index (χ3v) is 6.48. The molecule has 0 aliphatic carbocycles. The summed E-state index contributed by atoms with van der Waals surface area (Å²) in [7, 11) is 1.79. The standard InChI is InChI=1S/C21H35N7OS/c1-6-8-17-15-18(24-19(23-17)21(2,3)4)28-12-10-27(11-13-28)9-7-14-30(29)20-22-16-26(5)25-20/h15-16H,6-14H2,1-5H3/t30-/m0/s1. The van der Waals surface area contributed by atoms with E-state index in [0.29, 0.717) is 10.9 Å². The van der Waals surface area contributed by atoms with E-state index in [2.05, 4.69) is 53.6 Å². The summed E-state index contributed by atoms with van der Waals surface area (Å²) in [6, 6.07) is 2.16. The number of hydrogen-bond acceptors (Lipinski definition) is 7. The fraction of sp³-hybridized carbons (Fsp3) is 0.714. The molecule has 1 atom stereocenters. The van der Waals surface area contributed by atoms with E-state index >= 15 is 0 Å². The zero-order chi connectivity index (χ0) is 21.7. The van der Waals surface area contributed by atoms with Gasteiger partial charge in [-0.1, -0.05) is 34.1 Å². The Bertz CT molecular complexity index is 812. The second-order valence-corrected chi connectivity index (χ2v) is 10.4. The number of hydrogen-bond donors (Lipinski definition) is 0. The minimum atomic E-state index is -1.12. The normalized spacial score (nSPS) is 16.8. The average molecular weight is 434 g/mol. The predicted molar refractivity (Wildman–Crippen MR) is 120 cm³/mol. The Labute approximate surface area is 183 Å². The third-order valence-electron chi connectivity index (χ3n) is 5.23. The summed E-state index contributed by atoms with van der Waals surface area (Å²) in [6.07, 6.45) is 4.55. The molecule has 3 heterocycles. The van der Waals surface area contributed by atoms with Gasteiger partial charge >= 0.3 is 5.16 Å². The number of aromatic nitrogens is 5. The first-order valence-electron chi connectivity index (χ1n) is 10.9. The smallest absolute Gasteiger partial charge is 0.361 e. The monoisotopic (exact) mass is 433 g/mol. The van der Waals surface area contributed by atoms with Gasteiger partial charge in [0.05, 0.1) is 0 Å². The van der Waals surface area contributed by atoms with E-state index in [4.69, 9.17) is 9.97 Å². The molecule has 0 aromatic carbocycles. The molecule has 8 nitrogen and oxygen atoms in total. The van der Waals surface area contributed by atoms with Gasteiger partial charge in [0.25, 0.3) is 0 Å². The summed E-state index contributed by atoms with van der Waals surface area (Å²) in [5.74, 6) is 2.59. The molecular formula is C21H35N7OS. The van der Waals surface area contributed by atoms with Crippen molar-refractivity contribution in [1.29, 1.82) is 0 Å². The molecule has 0 saturated carbocycles. The maximum Gasteiger partial charge on any atom is 0.361 e. The fourth-order valence-electron chi connectivity index (χ4n) is 3.50. The summed E-state index contributed by atoms with van der Waals surface area (Å²) >= 11 is -1.12. The highest BCUT2D eigenvalue weighted by Crippen LogP contribution is 2.23. The SMILES string of the molecule is CCCc1cc(N2CCN(CCC[S@+]([O-])c3ncn(C)n3)CC2)nc(C(C)(C)C)n1. The number of anilines is 1. The largest absolute Gasteiger partial charge is 0.609 e. The van der Waals surface area contributed by atoms with E-state index in [-0.39, 0.29) is 5.41 Å². The number of rotatable bonds is 8. The van der Waals surface area contributed by atoms with Gasteiger partial charge in [0.2, 0.25) is 0 Å². The van der Waals surface area contributed by atoms with Crippen LogP contribution in [0.5, 0.6) is 0 Å². The molecule has 3 rings (SSSR count). The predicted octanol–water partition coefficient (Wildman–Crippen LogP) is 2.18. The van der Waals surface area contributed by atoms with Crippen molar-refractivity contribution in [1.82, 2.24) is 29.6 Å². The average Bonchev–Trinajstić information content (AvgIpc) is 3.14. The van der Waals surface area contributed by atoms with E-state index in [1.165, 1.54) is 0 Å². The molecular weight excluding hydrogens is 398 g/mol. The second kappa shape index (κ2) is 10.1. The molecule has 0 N–H and O–H groups in total. The summed E-state index contributed by atoms with van der Waals surface area (Å²) in [6.45, 7) is 13.5. The molecule has 2 aromatic heterocycles. The van der Waals surface area contributed by atoms with Crippen LogP contribution in [0.25, 0.3) is 0 Å². The highest BCUT2D eigenvalue weighted by atomic mass is 32.2. The number of aryl methyl sites for hydroxylation is 2. The maximum atomic E-state index is 12.3. The van der Waals surface area contributed by atoms with Crippen LogP contribution in [0.1, 0.15) is 52.1 Å². The first-order chi connectivity index (χ1) is 14.3. The van der Waals surface area contributed by atoms with E-state index in [1.54, 1.807) is 18.1 Å². The summed E-state index contributed by atoms with van der Waals surface area (Å²) in [5, 5.41) is 4.57. The van der Waals surface area contributed by atoms with Crippen molar-refractivity contribution in [2.75, 3.05) is 43.4 Å². The Morgan fingerprint density at radius 1 is 1.13 bits per heavy atom. The molecule has 0 spiro atoms. The van der Waals surface area contributed by atoms with Crippen LogP contribution >= 0.6 is 0 Å². The third kappa shape index (κ3) is 6.15. The molecule has 9 heteroatoms. The molecule has 1 aliphatic heterocycles. The lowest BCUT2D eigenvalue weighted by molar-refractivity contribution is 0.258. The van der Waals surface area contributed by atoms with Crippen LogP contribution < -0.4 is 4.90 Å². The van der Waals surface area contributed by atoms with Gasteiger partial charge in [-0.05, 0) is 6.42 Å². The first-order valence-corrected chi connectivity index (χ1v) is 12.2. The zero-order valence-corrected chi connectivity index (χ0v) is 19.8. The van der Waals surface area contributed by atoms with E-state index < -0.39 is 11.2 Å². The second-order valence-electron chi connectivity index (χ2n) is 8.97. The molecule has 0 amide bonds.